The Hall–Kier alpha value is -1.55. The summed E-state index contributed by atoms with van der Waals surface area (Å²) in [6, 6.07) is 9.31. The van der Waals surface area contributed by atoms with E-state index >= 15 is 0 Å². The number of hydrogen-bond acceptors (Lipinski definition) is 3. The van der Waals surface area contributed by atoms with Crippen molar-refractivity contribution in [3.05, 3.63) is 35.9 Å². The van der Waals surface area contributed by atoms with Crippen molar-refractivity contribution in [2.75, 3.05) is 6.54 Å². The fourth-order valence-electron chi connectivity index (χ4n) is 1.50. The number of rotatable bonds is 4. The fourth-order valence-corrected chi connectivity index (χ4v) is 1.77. The Balaban J connectivity index is 1.83. The Morgan fingerprint density at radius 3 is 2.65 bits per heavy atom. The smallest absolute Gasteiger partial charge is 0.344 e. The number of nitrogens with zero attached hydrogens (tertiary/aromatic N) is 1. The average molecular weight is 254 g/mol. The molecule has 1 aromatic rings. The molecular formula is C12H12ClNO3. The predicted molar refractivity (Wildman–Crippen MR) is 62.2 cm³/mol. The summed E-state index contributed by atoms with van der Waals surface area (Å²) < 4.78 is 5.03. The summed E-state index contributed by atoms with van der Waals surface area (Å²) in [7, 11) is 0. The number of esters is 1. The fraction of sp³-hybridized carbons (Fsp3) is 0.333. The zero-order valence-electron chi connectivity index (χ0n) is 9.14. The third-order valence-corrected chi connectivity index (χ3v) is 2.99. The Bertz CT molecular complexity index is 421. The van der Waals surface area contributed by atoms with E-state index in [-0.39, 0.29) is 12.5 Å². The van der Waals surface area contributed by atoms with Crippen molar-refractivity contribution in [1.82, 2.24) is 4.90 Å². The maximum absolute atomic E-state index is 11.5. The molecule has 0 radical (unpaired) electrons. The van der Waals surface area contributed by atoms with Crippen molar-refractivity contribution in [3.63, 3.8) is 0 Å². The van der Waals surface area contributed by atoms with Gasteiger partial charge in [0.1, 0.15) is 6.61 Å². The van der Waals surface area contributed by atoms with Crippen molar-refractivity contribution < 1.29 is 14.3 Å². The van der Waals surface area contributed by atoms with Gasteiger partial charge in [0.15, 0.2) is 0 Å². The third kappa shape index (κ3) is 2.77. The SMILES string of the molecule is O=C(OCc1ccccc1)C(Cl)N1CCC1=O. The third-order valence-electron chi connectivity index (χ3n) is 2.58. The van der Waals surface area contributed by atoms with Gasteiger partial charge in [-0.15, -0.1) is 0 Å². The van der Waals surface area contributed by atoms with Crippen LogP contribution in [0, 0.1) is 0 Å². The number of amides is 1. The highest BCUT2D eigenvalue weighted by atomic mass is 35.5. The molecule has 0 aromatic heterocycles. The molecule has 17 heavy (non-hydrogen) atoms. The van der Waals surface area contributed by atoms with E-state index < -0.39 is 11.5 Å². The second kappa shape index (κ2) is 5.19. The first-order valence-corrected chi connectivity index (χ1v) is 5.76. The number of likely N-dealkylation sites (tertiary alicyclic amines) is 1. The maximum Gasteiger partial charge on any atom is 0.344 e. The van der Waals surface area contributed by atoms with E-state index in [0.29, 0.717) is 13.0 Å². The Morgan fingerprint density at radius 2 is 2.12 bits per heavy atom. The number of ether oxygens (including phenoxy) is 1. The summed E-state index contributed by atoms with van der Waals surface area (Å²) in [5, 5.41) is 0. The summed E-state index contributed by atoms with van der Waals surface area (Å²) >= 11 is 5.82. The first kappa shape index (κ1) is 11.9. The molecule has 0 saturated carbocycles. The van der Waals surface area contributed by atoms with Gasteiger partial charge in [-0.1, -0.05) is 41.9 Å². The van der Waals surface area contributed by atoms with Gasteiger partial charge in [0.2, 0.25) is 11.4 Å². The normalized spacial score (nSPS) is 16.3. The van der Waals surface area contributed by atoms with Gasteiger partial charge in [0, 0.05) is 13.0 Å². The lowest BCUT2D eigenvalue weighted by Gasteiger charge is -2.33. The second-order valence-corrected chi connectivity index (χ2v) is 4.18. The second-order valence-electron chi connectivity index (χ2n) is 3.77. The lowest BCUT2D eigenvalue weighted by Crippen LogP contribution is -2.51. The molecule has 0 N–H and O–H groups in total. The van der Waals surface area contributed by atoms with E-state index in [1.165, 1.54) is 4.90 Å². The molecule has 1 unspecified atom stereocenters. The van der Waals surface area contributed by atoms with Gasteiger partial charge in [-0.2, -0.15) is 0 Å². The molecule has 2 rings (SSSR count). The minimum atomic E-state index is -1.00. The molecule has 0 aliphatic carbocycles. The van der Waals surface area contributed by atoms with Crippen LogP contribution in [0.5, 0.6) is 0 Å². The van der Waals surface area contributed by atoms with Gasteiger partial charge in [-0.25, -0.2) is 4.79 Å². The highest BCUT2D eigenvalue weighted by molar-refractivity contribution is 6.30. The Kier molecular flexibility index (Phi) is 3.64. The predicted octanol–water partition coefficient (Wildman–Crippen LogP) is 1.53. The number of hydrogen-bond donors (Lipinski definition) is 0. The lowest BCUT2D eigenvalue weighted by atomic mass is 10.2. The van der Waals surface area contributed by atoms with Gasteiger partial charge in [-0.3, -0.25) is 4.79 Å². The summed E-state index contributed by atoms with van der Waals surface area (Å²) in [6.07, 6.45) is 0.454. The molecule has 90 valence electrons. The van der Waals surface area contributed by atoms with E-state index in [2.05, 4.69) is 0 Å². The number of carbonyl (C=O) groups is 2. The van der Waals surface area contributed by atoms with Crippen LogP contribution >= 0.6 is 11.6 Å². The van der Waals surface area contributed by atoms with Crippen LogP contribution < -0.4 is 0 Å². The molecule has 4 nitrogen and oxygen atoms in total. The van der Waals surface area contributed by atoms with Crippen LogP contribution in [0.1, 0.15) is 12.0 Å². The van der Waals surface area contributed by atoms with E-state index in [0.717, 1.165) is 5.56 Å². The molecule has 1 atom stereocenters. The average Bonchev–Trinajstić information content (AvgIpc) is 2.35. The van der Waals surface area contributed by atoms with E-state index in [9.17, 15) is 9.59 Å². The quantitative estimate of drug-likeness (QED) is 0.354. The first-order valence-electron chi connectivity index (χ1n) is 5.32. The molecule has 1 aliphatic heterocycles. The summed E-state index contributed by atoms with van der Waals surface area (Å²) in [6.45, 7) is 0.693. The number of benzene rings is 1. The number of halogens is 1. The minimum Gasteiger partial charge on any atom is -0.458 e. The van der Waals surface area contributed by atoms with Crippen molar-refractivity contribution in [1.29, 1.82) is 0 Å². The van der Waals surface area contributed by atoms with Crippen LogP contribution in [0.2, 0.25) is 0 Å². The molecule has 1 heterocycles. The molecule has 1 aliphatic rings. The van der Waals surface area contributed by atoms with Crippen LogP contribution in [-0.4, -0.2) is 28.8 Å². The molecule has 1 amide bonds. The molecule has 5 heteroatoms. The molecular weight excluding hydrogens is 242 g/mol. The number of alkyl halides is 1. The van der Waals surface area contributed by atoms with E-state index in [4.69, 9.17) is 16.3 Å². The monoisotopic (exact) mass is 253 g/mol. The van der Waals surface area contributed by atoms with Crippen LogP contribution in [0.3, 0.4) is 0 Å². The van der Waals surface area contributed by atoms with Gasteiger partial charge in [0.25, 0.3) is 0 Å². The zero-order valence-corrected chi connectivity index (χ0v) is 9.89. The molecule has 0 spiro atoms. The van der Waals surface area contributed by atoms with Crippen molar-refractivity contribution in [2.24, 2.45) is 0 Å². The van der Waals surface area contributed by atoms with Crippen molar-refractivity contribution >= 4 is 23.5 Å². The molecule has 0 bridgehead atoms. The first-order chi connectivity index (χ1) is 8.18. The largest absolute Gasteiger partial charge is 0.458 e. The van der Waals surface area contributed by atoms with E-state index in [1.54, 1.807) is 0 Å². The maximum atomic E-state index is 11.5. The summed E-state index contributed by atoms with van der Waals surface area (Å²) in [5.74, 6) is -0.690. The zero-order chi connectivity index (χ0) is 12.3. The van der Waals surface area contributed by atoms with Crippen LogP contribution in [-0.2, 0) is 20.9 Å². The lowest BCUT2D eigenvalue weighted by molar-refractivity contribution is -0.156. The number of β-lactam (4-membered cyclic amide) rings is 1. The number of carbonyl (C=O) groups excluding carboxylic acids is 2. The van der Waals surface area contributed by atoms with Crippen molar-refractivity contribution in [3.8, 4) is 0 Å². The van der Waals surface area contributed by atoms with Crippen molar-refractivity contribution in [2.45, 2.75) is 18.5 Å². The molecule has 1 saturated heterocycles. The van der Waals surface area contributed by atoms with Crippen LogP contribution in [0.4, 0.5) is 0 Å². The topological polar surface area (TPSA) is 46.6 Å². The van der Waals surface area contributed by atoms with Crippen LogP contribution in [0.25, 0.3) is 0 Å². The molecule has 1 fully saturated rings. The minimum absolute atomic E-state index is 0.110. The van der Waals surface area contributed by atoms with Gasteiger partial charge < -0.3 is 9.64 Å². The highest BCUT2D eigenvalue weighted by Crippen LogP contribution is 2.17. The van der Waals surface area contributed by atoms with Gasteiger partial charge in [0.05, 0.1) is 0 Å². The van der Waals surface area contributed by atoms with Gasteiger partial charge >= 0.3 is 5.97 Å². The van der Waals surface area contributed by atoms with Crippen LogP contribution in [0.15, 0.2) is 30.3 Å². The van der Waals surface area contributed by atoms with Gasteiger partial charge in [-0.05, 0) is 5.56 Å². The molecule has 1 aromatic carbocycles. The summed E-state index contributed by atoms with van der Waals surface area (Å²) in [5.41, 5.74) is -0.111. The Labute approximate surface area is 104 Å². The Morgan fingerprint density at radius 1 is 1.41 bits per heavy atom. The summed E-state index contributed by atoms with van der Waals surface area (Å²) in [4.78, 5) is 23.9. The standard InChI is InChI=1S/C12H12ClNO3/c13-11(14-7-6-10(14)15)12(16)17-8-9-4-2-1-3-5-9/h1-5,11H,6-8H2. The highest BCUT2D eigenvalue weighted by Gasteiger charge is 2.35. The van der Waals surface area contributed by atoms with E-state index in [1.807, 2.05) is 30.3 Å².